The standard InChI is InChI=1S/C10H10BrN3S/c1-6-5-7(11)3-4-8(6)9-12-13-10(15)14(9)2/h3-5H,1-2H3,(H,13,15). The molecule has 0 aliphatic heterocycles. The van der Waals surface area contributed by atoms with Crippen LogP contribution in [0, 0.1) is 11.7 Å². The molecule has 2 aromatic rings. The van der Waals surface area contributed by atoms with Gasteiger partial charge in [-0.15, -0.1) is 0 Å². The Morgan fingerprint density at radius 2 is 2.20 bits per heavy atom. The van der Waals surface area contributed by atoms with Gasteiger partial charge in [-0.3, -0.25) is 5.10 Å². The van der Waals surface area contributed by atoms with Gasteiger partial charge in [0.1, 0.15) is 0 Å². The average Bonchev–Trinajstić information content (AvgIpc) is 2.49. The van der Waals surface area contributed by atoms with Crippen molar-refractivity contribution in [2.45, 2.75) is 6.92 Å². The molecule has 5 heteroatoms. The average molecular weight is 284 g/mol. The quantitative estimate of drug-likeness (QED) is 0.816. The Morgan fingerprint density at radius 3 is 2.73 bits per heavy atom. The molecule has 0 saturated carbocycles. The third-order valence-corrected chi connectivity index (χ3v) is 3.17. The van der Waals surface area contributed by atoms with Crippen LogP contribution in [0.15, 0.2) is 22.7 Å². The van der Waals surface area contributed by atoms with Crippen LogP contribution in [0.4, 0.5) is 0 Å². The van der Waals surface area contributed by atoms with Crippen molar-refractivity contribution in [2.75, 3.05) is 0 Å². The number of rotatable bonds is 1. The number of benzene rings is 1. The summed E-state index contributed by atoms with van der Waals surface area (Å²) in [7, 11) is 1.91. The molecule has 2 rings (SSSR count). The number of halogens is 1. The van der Waals surface area contributed by atoms with Crippen LogP contribution in [0.2, 0.25) is 0 Å². The maximum atomic E-state index is 5.08. The highest BCUT2D eigenvalue weighted by Gasteiger charge is 2.08. The van der Waals surface area contributed by atoms with Crippen molar-refractivity contribution in [3.63, 3.8) is 0 Å². The summed E-state index contributed by atoms with van der Waals surface area (Å²) in [6.07, 6.45) is 0. The Balaban J connectivity index is 2.64. The van der Waals surface area contributed by atoms with E-state index in [1.54, 1.807) is 0 Å². The molecule has 1 aromatic carbocycles. The van der Waals surface area contributed by atoms with E-state index in [0.29, 0.717) is 4.77 Å². The molecule has 0 atom stereocenters. The van der Waals surface area contributed by atoms with E-state index in [0.717, 1.165) is 15.9 Å². The van der Waals surface area contributed by atoms with E-state index in [1.165, 1.54) is 5.56 Å². The number of hydrogen-bond acceptors (Lipinski definition) is 2. The molecule has 0 radical (unpaired) electrons. The lowest BCUT2D eigenvalue weighted by atomic mass is 10.1. The molecule has 1 aromatic heterocycles. The van der Waals surface area contributed by atoms with Crippen molar-refractivity contribution < 1.29 is 0 Å². The first-order chi connectivity index (χ1) is 7.09. The molecular weight excluding hydrogens is 274 g/mol. The predicted molar refractivity (Wildman–Crippen MR) is 66.3 cm³/mol. The first-order valence-corrected chi connectivity index (χ1v) is 5.67. The minimum atomic E-state index is 0.632. The molecule has 0 spiro atoms. The van der Waals surface area contributed by atoms with Gasteiger partial charge in [-0.2, -0.15) is 5.10 Å². The zero-order chi connectivity index (χ0) is 11.0. The van der Waals surface area contributed by atoms with Gasteiger partial charge in [0, 0.05) is 17.1 Å². The van der Waals surface area contributed by atoms with Crippen molar-refractivity contribution in [1.82, 2.24) is 14.8 Å². The van der Waals surface area contributed by atoms with Crippen molar-refractivity contribution in [1.29, 1.82) is 0 Å². The van der Waals surface area contributed by atoms with Gasteiger partial charge in [-0.1, -0.05) is 15.9 Å². The first kappa shape index (κ1) is 10.6. The van der Waals surface area contributed by atoms with E-state index in [1.807, 2.05) is 23.7 Å². The van der Waals surface area contributed by atoms with Gasteiger partial charge in [0.15, 0.2) is 10.6 Å². The van der Waals surface area contributed by atoms with Crippen LogP contribution in [0.1, 0.15) is 5.56 Å². The number of nitrogens with one attached hydrogen (secondary N) is 1. The van der Waals surface area contributed by atoms with Crippen LogP contribution < -0.4 is 0 Å². The van der Waals surface area contributed by atoms with E-state index in [2.05, 4.69) is 39.1 Å². The van der Waals surface area contributed by atoms with Crippen molar-refractivity contribution >= 4 is 28.1 Å². The van der Waals surface area contributed by atoms with Gasteiger partial charge < -0.3 is 4.57 Å². The third-order valence-electron chi connectivity index (χ3n) is 2.31. The smallest absolute Gasteiger partial charge is 0.195 e. The summed E-state index contributed by atoms with van der Waals surface area (Å²) >= 11 is 8.52. The molecule has 0 bridgehead atoms. The van der Waals surface area contributed by atoms with Gasteiger partial charge in [-0.05, 0) is 42.9 Å². The summed E-state index contributed by atoms with van der Waals surface area (Å²) in [4.78, 5) is 0. The second-order valence-electron chi connectivity index (χ2n) is 3.37. The first-order valence-electron chi connectivity index (χ1n) is 4.47. The summed E-state index contributed by atoms with van der Waals surface area (Å²) in [5.74, 6) is 0.866. The zero-order valence-electron chi connectivity index (χ0n) is 8.41. The van der Waals surface area contributed by atoms with Crippen LogP contribution in [0.5, 0.6) is 0 Å². The topological polar surface area (TPSA) is 33.6 Å². The molecule has 78 valence electrons. The summed E-state index contributed by atoms with van der Waals surface area (Å²) < 4.78 is 3.57. The highest BCUT2D eigenvalue weighted by atomic mass is 79.9. The number of aromatic nitrogens is 3. The lowest BCUT2D eigenvalue weighted by Crippen LogP contribution is -1.94. The summed E-state index contributed by atoms with van der Waals surface area (Å²) in [6.45, 7) is 2.05. The Kier molecular flexibility index (Phi) is 2.75. The normalized spacial score (nSPS) is 10.6. The van der Waals surface area contributed by atoms with Crippen LogP contribution in [0.3, 0.4) is 0 Å². The largest absolute Gasteiger partial charge is 0.303 e. The van der Waals surface area contributed by atoms with Crippen LogP contribution in [0.25, 0.3) is 11.4 Å². The molecule has 0 aliphatic carbocycles. The van der Waals surface area contributed by atoms with Gasteiger partial charge >= 0.3 is 0 Å². The van der Waals surface area contributed by atoms with Gasteiger partial charge in [0.05, 0.1) is 0 Å². The van der Waals surface area contributed by atoms with E-state index in [-0.39, 0.29) is 0 Å². The molecule has 1 heterocycles. The lowest BCUT2D eigenvalue weighted by Gasteiger charge is -2.04. The van der Waals surface area contributed by atoms with E-state index >= 15 is 0 Å². The molecular formula is C10H10BrN3S. The van der Waals surface area contributed by atoms with Crippen LogP contribution in [-0.2, 0) is 7.05 Å². The number of nitrogens with zero attached hydrogens (tertiary/aromatic N) is 2. The van der Waals surface area contributed by atoms with Gasteiger partial charge in [0.25, 0.3) is 0 Å². The van der Waals surface area contributed by atoms with Gasteiger partial charge in [-0.25, -0.2) is 0 Å². The van der Waals surface area contributed by atoms with E-state index in [4.69, 9.17) is 12.2 Å². The summed E-state index contributed by atoms with van der Waals surface area (Å²) in [5, 5.41) is 6.99. The van der Waals surface area contributed by atoms with Crippen LogP contribution in [-0.4, -0.2) is 14.8 Å². The molecule has 3 nitrogen and oxygen atoms in total. The van der Waals surface area contributed by atoms with E-state index < -0.39 is 0 Å². The monoisotopic (exact) mass is 283 g/mol. The molecule has 0 saturated heterocycles. The third kappa shape index (κ3) is 1.89. The number of hydrogen-bond donors (Lipinski definition) is 1. The molecule has 15 heavy (non-hydrogen) atoms. The van der Waals surface area contributed by atoms with Crippen molar-refractivity contribution in [3.8, 4) is 11.4 Å². The highest BCUT2D eigenvalue weighted by Crippen LogP contribution is 2.24. The lowest BCUT2D eigenvalue weighted by molar-refractivity contribution is 0.901. The maximum Gasteiger partial charge on any atom is 0.195 e. The summed E-state index contributed by atoms with van der Waals surface area (Å²) in [6, 6.07) is 6.09. The maximum absolute atomic E-state index is 5.08. The Morgan fingerprint density at radius 1 is 1.47 bits per heavy atom. The minimum Gasteiger partial charge on any atom is -0.303 e. The van der Waals surface area contributed by atoms with Gasteiger partial charge in [0.2, 0.25) is 0 Å². The van der Waals surface area contributed by atoms with Crippen LogP contribution >= 0.6 is 28.1 Å². The zero-order valence-corrected chi connectivity index (χ0v) is 10.8. The fraction of sp³-hybridized carbons (Fsp3) is 0.200. The fourth-order valence-electron chi connectivity index (χ4n) is 1.47. The predicted octanol–water partition coefficient (Wildman–Crippen LogP) is 3.22. The number of H-pyrrole nitrogens is 1. The molecule has 0 unspecified atom stereocenters. The Bertz CT molecular complexity index is 556. The highest BCUT2D eigenvalue weighted by molar-refractivity contribution is 9.10. The second-order valence-corrected chi connectivity index (χ2v) is 4.67. The minimum absolute atomic E-state index is 0.632. The molecule has 0 fully saturated rings. The Labute approximate surface area is 101 Å². The molecule has 0 aliphatic rings. The van der Waals surface area contributed by atoms with E-state index in [9.17, 15) is 0 Å². The van der Waals surface area contributed by atoms with Crippen molar-refractivity contribution in [2.24, 2.45) is 7.05 Å². The summed E-state index contributed by atoms with van der Waals surface area (Å²) in [5.41, 5.74) is 2.26. The SMILES string of the molecule is Cc1cc(Br)ccc1-c1n[nH]c(=S)n1C. The number of aryl methyl sites for hydroxylation is 1. The Hall–Kier alpha value is -0.940. The number of aromatic amines is 1. The fourth-order valence-corrected chi connectivity index (χ4v) is 2.07. The second kappa shape index (κ2) is 3.90. The molecule has 0 amide bonds. The molecule has 1 N–H and O–H groups in total. The van der Waals surface area contributed by atoms with Crippen molar-refractivity contribution in [3.05, 3.63) is 33.0 Å².